The molecule has 7 nitrogen and oxygen atoms in total. The van der Waals surface area contributed by atoms with Gasteiger partial charge >= 0.3 is 0 Å². The maximum atomic E-state index is 14.6. The van der Waals surface area contributed by atoms with Crippen molar-refractivity contribution in [1.82, 2.24) is 19.8 Å². The van der Waals surface area contributed by atoms with Crippen LogP contribution < -0.4 is 5.32 Å². The van der Waals surface area contributed by atoms with Crippen molar-refractivity contribution in [3.63, 3.8) is 0 Å². The quantitative estimate of drug-likeness (QED) is 0.417. The number of benzene rings is 1. The predicted octanol–water partition coefficient (Wildman–Crippen LogP) is 2.38. The van der Waals surface area contributed by atoms with Gasteiger partial charge in [0.2, 0.25) is 0 Å². The standard InChI is InChI=1S/C21H30FN5O2/c1-16-24-7-9-27(16)20-5-4-17(12-19(20)22)13-25-21(23-2)26-8-6-18(14-26)15-29-11-10-28-3/h4-5,7,9,12,18H,6,8,10-11,13-15H2,1-3H3,(H,23,25). The summed E-state index contributed by atoms with van der Waals surface area (Å²) in [5, 5.41) is 3.35. The fourth-order valence-corrected chi connectivity index (χ4v) is 3.56. The topological polar surface area (TPSA) is 63.9 Å². The molecule has 0 radical (unpaired) electrons. The van der Waals surface area contributed by atoms with E-state index < -0.39 is 0 Å². The number of aryl methyl sites for hydroxylation is 1. The molecule has 8 heteroatoms. The van der Waals surface area contributed by atoms with Gasteiger partial charge in [-0.05, 0) is 31.0 Å². The molecule has 0 saturated carbocycles. The van der Waals surface area contributed by atoms with E-state index in [2.05, 4.69) is 20.2 Å². The Kier molecular flexibility index (Phi) is 7.60. The molecule has 1 unspecified atom stereocenters. The van der Waals surface area contributed by atoms with Gasteiger partial charge in [-0.2, -0.15) is 0 Å². The van der Waals surface area contributed by atoms with Crippen LogP contribution in [0.5, 0.6) is 0 Å². The van der Waals surface area contributed by atoms with Crippen molar-refractivity contribution in [1.29, 1.82) is 0 Å². The van der Waals surface area contributed by atoms with E-state index in [1.807, 2.05) is 13.0 Å². The number of rotatable bonds is 8. The fraction of sp³-hybridized carbons (Fsp3) is 0.524. The summed E-state index contributed by atoms with van der Waals surface area (Å²) in [6.07, 6.45) is 4.50. The summed E-state index contributed by atoms with van der Waals surface area (Å²) in [7, 11) is 3.45. The minimum absolute atomic E-state index is 0.269. The van der Waals surface area contributed by atoms with Crippen LogP contribution in [0.4, 0.5) is 4.39 Å². The van der Waals surface area contributed by atoms with Crippen LogP contribution in [-0.2, 0) is 16.0 Å². The number of guanidine groups is 1. The average Bonchev–Trinajstić information content (AvgIpc) is 3.35. The molecule has 1 fully saturated rings. The van der Waals surface area contributed by atoms with Crippen molar-refractivity contribution >= 4 is 5.96 Å². The molecule has 1 N–H and O–H groups in total. The Hall–Kier alpha value is -2.45. The third kappa shape index (κ3) is 5.55. The van der Waals surface area contributed by atoms with Crippen LogP contribution in [0.3, 0.4) is 0 Å². The van der Waals surface area contributed by atoms with Crippen LogP contribution in [0.15, 0.2) is 35.6 Å². The molecule has 1 aliphatic rings. The van der Waals surface area contributed by atoms with Gasteiger partial charge in [-0.15, -0.1) is 0 Å². The van der Waals surface area contributed by atoms with Crippen LogP contribution in [-0.4, -0.2) is 67.5 Å². The van der Waals surface area contributed by atoms with Crippen LogP contribution in [0.25, 0.3) is 5.69 Å². The number of aromatic nitrogens is 2. The van der Waals surface area contributed by atoms with E-state index in [-0.39, 0.29) is 5.82 Å². The third-order valence-electron chi connectivity index (χ3n) is 5.13. The highest BCUT2D eigenvalue weighted by molar-refractivity contribution is 5.80. The van der Waals surface area contributed by atoms with Crippen LogP contribution in [0.2, 0.25) is 0 Å². The Morgan fingerprint density at radius 1 is 1.38 bits per heavy atom. The summed E-state index contributed by atoms with van der Waals surface area (Å²) in [6, 6.07) is 5.27. The summed E-state index contributed by atoms with van der Waals surface area (Å²) >= 11 is 0. The smallest absolute Gasteiger partial charge is 0.193 e. The first kappa shape index (κ1) is 21.3. The SMILES string of the molecule is CN=C(NCc1ccc(-n2ccnc2C)c(F)c1)N1CCC(COCCOC)C1. The van der Waals surface area contributed by atoms with Gasteiger partial charge in [0.25, 0.3) is 0 Å². The molecular weight excluding hydrogens is 373 g/mol. The number of ether oxygens (including phenoxy) is 2. The minimum atomic E-state index is -0.269. The summed E-state index contributed by atoms with van der Waals surface area (Å²) in [5.74, 6) is 1.81. The van der Waals surface area contributed by atoms with Crippen molar-refractivity contribution in [2.45, 2.75) is 19.9 Å². The molecule has 3 rings (SSSR count). The molecule has 1 atom stereocenters. The van der Waals surface area contributed by atoms with E-state index in [1.165, 1.54) is 0 Å². The Morgan fingerprint density at radius 3 is 2.93 bits per heavy atom. The molecule has 158 valence electrons. The van der Waals surface area contributed by atoms with Crippen molar-refractivity contribution in [2.24, 2.45) is 10.9 Å². The lowest BCUT2D eigenvalue weighted by atomic mass is 10.1. The predicted molar refractivity (Wildman–Crippen MR) is 111 cm³/mol. The van der Waals surface area contributed by atoms with Crippen molar-refractivity contribution in [2.75, 3.05) is 47.1 Å². The van der Waals surface area contributed by atoms with Crippen molar-refractivity contribution in [3.8, 4) is 5.69 Å². The van der Waals surface area contributed by atoms with Crippen LogP contribution in [0, 0.1) is 18.7 Å². The summed E-state index contributed by atoms with van der Waals surface area (Å²) < 4.78 is 27.0. The average molecular weight is 404 g/mol. The number of nitrogens with zero attached hydrogens (tertiary/aromatic N) is 4. The zero-order chi connectivity index (χ0) is 20.6. The Bertz CT molecular complexity index is 823. The Balaban J connectivity index is 1.52. The molecule has 1 aliphatic heterocycles. The molecule has 0 spiro atoms. The zero-order valence-electron chi connectivity index (χ0n) is 17.4. The maximum absolute atomic E-state index is 14.6. The molecule has 0 bridgehead atoms. The van der Waals surface area contributed by atoms with Gasteiger partial charge in [-0.1, -0.05) is 6.07 Å². The van der Waals surface area contributed by atoms with Gasteiger partial charge in [0.05, 0.1) is 25.5 Å². The highest BCUT2D eigenvalue weighted by Gasteiger charge is 2.25. The third-order valence-corrected chi connectivity index (χ3v) is 5.13. The second-order valence-corrected chi connectivity index (χ2v) is 7.20. The molecule has 0 aliphatic carbocycles. The molecule has 1 saturated heterocycles. The molecule has 1 aromatic heterocycles. The lowest BCUT2D eigenvalue weighted by molar-refractivity contribution is 0.0536. The van der Waals surface area contributed by atoms with E-state index in [1.54, 1.807) is 43.3 Å². The number of aliphatic imine (C=N–C) groups is 1. The number of nitrogens with one attached hydrogen (secondary N) is 1. The number of hydrogen-bond donors (Lipinski definition) is 1. The van der Waals surface area contributed by atoms with Gasteiger partial charge in [0, 0.05) is 52.1 Å². The second kappa shape index (κ2) is 10.4. The van der Waals surface area contributed by atoms with Crippen LogP contribution >= 0.6 is 0 Å². The molecule has 2 aromatic rings. The first-order valence-corrected chi connectivity index (χ1v) is 9.93. The van der Waals surface area contributed by atoms with Crippen molar-refractivity contribution < 1.29 is 13.9 Å². The van der Waals surface area contributed by atoms with E-state index in [4.69, 9.17) is 9.47 Å². The van der Waals surface area contributed by atoms with Gasteiger partial charge in [-0.3, -0.25) is 4.99 Å². The lowest BCUT2D eigenvalue weighted by Crippen LogP contribution is -2.39. The number of hydrogen-bond acceptors (Lipinski definition) is 4. The molecule has 29 heavy (non-hydrogen) atoms. The van der Waals surface area contributed by atoms with E-state index >= 15 is 0 Å². The van der Waals surface area contributed by atoms with E-state index in [9.17, 15) is 4.39 Å². The number of likely N-dealkylation sites (tertiary alicyclic amines) is 1. The highest BCUT2D eigenvalue weighted by atomic mass is 19.1. The molecule has 0 amide bonds. The normalized spacial score (nSPS) is 17.2. The summed E-state index contributed by atoms with van der Waals surface area (Å²) in [5.41, 5.74) is 1.37. The molecule has 2 heterocycles. The summed E-state index contributed by atoms with van der Waals surface area (Å²) in [4.78, 5) is 10.8. The van der Waals surface area contributed by atoms with E-state index in [0.717, 1.165) is 43.5 Å². The monoisotopic (exact) mass is 403 g/mol. The zero-order valence-corrected chi connectivity index (χ0v) is 17.4. The fourth-order valence-electron chi connectivity index (χ4n) is 3.56. The van der Waals surface area contributed by atoms with Gasteiger partial charge in [0.1, 0.15) is 11.6 Å². The summed E-state index contributed by atoms with van der Waals surface area (Å²) in [6.45, 7) is 6.18. The first-order valence-electron chi connectivity index (χ1n) is 9.93. The largest absolute Gasteiger partial charge is 0.382 e. The maximum Gasteiger partial charge on any atom is 0.193 e. The van der Waals surface area contributed by atoms with E-state index in [0.29, 0.717) is 31.4 Å². The minimum Gasteiger partial charge on any atom is -0.382 e. The second-order valence-electron chi connectivity index (χ2n) is 7.20. The van der Waals surface area contributed by atoms with Gasteiger partial charge in [0.15, 0.2) is 5.96 Å². The first-order chi connectivity index (χ1) is 14.1. The number of halogens is 1. The lowest BCUT2D eigenvalue weighted by Gasteiger charge is -2.22. The number of imidazole rings is 1. The van der Waals surface area contributed by atoms with Gasteiger partial charge < -0.3 is 24.3 Å². The Labute approximate surface area is 171 Å². The Morgan fingerprint density at radius 2 is 2.24 bits per heavy atom. The number of methoxy groups -OCH3 is 1. The highest BCUT2D eigenvalue weighted by Crippen LogP contribution is 2.18. The van der Waals surface area contributed by atoms with Crippen molar-refractivity contribution in [3.05, 3.63) is 47.8 Å². The van der Waals surface area contributed by atoms with Crippen LogP contribution in [0.1, 0.15) is 17.8 Å². The molecular formula is C21H30FN5O2. The van der Waals surface area contributed by atoms with Gasteiger partial charge in [-0.25, -0.2) is 9.37 Å². The molecule has 1 aromatic carbocycles.